The van der Waals surface area contributed by atoms with Crippen molar-refractivity contribution in [3.63, 3.8) is 0 Å². The van der Waals surface area contributed by atoms with Gasteiger partial charge in [0.15, 0.2) is 0 Å². The molecule has 65 valence electrons. The van der Waals surface area contributed by atoms with E-state index in [-0.39, 0.29) is 0 Å². The van der Waals surface area contributed by atoms with Crippen LogP contribution in [0.15, 0.2) is 18.3 Å². The van der Waals surface area contributed by atoms with Crippen LogP contribution in [0.25, 0.3) is 0 Å². The van der Waals surface area contributed by atoms with Crippen molar-refractivity contribution in [1.29, 1.82) is 0 Å². The second-order valence-electron chi connectivity index (χ2n) is 2.77. The number of pyridine rings is 1. The van der Waals surface area contributed by atoms with Crippen molar-refractivity contribution < 1.29 is 4.74 Å². The Morgan fingerprint density at radius 1 is 1.58 bits per heavy atom. The molecule has 0 aromatic carbocycles. The number of hydrogen-bond acceptors (Lipinski definition) is 3. The summed E-state index contributed by atoms with van der Waals surface area (Å²) in [6, 6.07) is 3.68. The zero-order chi connectivity index (χ0) is 8.81. The summed E-state index contributed by atoms with van der Waals surface area (Å²) in [7, 11) is 4.02. The van der Waals surface area contributed by atoms with Crippen LogP contribution in [0, 0.1) is 6.20 Å². The van der Waals surface area contributed by atoms with Crippen molar-refractivity contribution in [1.82, 2.24) is 9.88 Å². The third kappa shape index (κ3) is 3.34. The van der Waals surface area contributed by atoms with Crippen LogP contribution in [-0.2, 0) is 0 Å². The summed E-state index contributed by atoms with van der Waals surface area (Å²) in [5, 5.41) is 0. The Kier molecular flexibility index (Phi) is 3.54. The van der Waals surface area contributed by atoms with Gasteiger partial charge in [-0.05, 0) is 26.2 Å². The Balaban J connectivity index is 2.25. The van der Waals surface area contributed by atoms with Crippen LogP contribution in [0.1, 0.15) is 0 Å². The third-order valence-corrected chi connectivity index (χ3v) is 1.38. The fourth-order valence-corrected chi connectivity index (χ4v) is 0.730. The molecule has 3 heteroatoms. The third-order valence-electron chi connectivity index (χ3n) is 1.38. The monoisotopic (exact) mass is 165 g/mol. The number of ether oxygens (including phenoxy) is 1. The highest BCUT2D eigenvalue weighted by Gasteiger charge is 1.93. The zero-order valence-electron chi connectivity index (χ0n) is 7.45. The fourth-order valence-electron chi connectivity index (χ4n) is 0.730. The van der Waals surface area contributed by atoms with Crippen LogP contribution in [0.3, 0.4) is 0 Å². The van der Waals surface area contributed by atoms with Gasteiger partial charge in [0, 0.05) is 12.7 Å². The van der Waals surface area contributed by atoms with Gasteiger partial charge in [-0.3, -0.25) is 4.98 Å². The van der Waals surface area contributed by atoms with Crippen LogP contribution < -0.4 is 4.74 Å². The number of nitrogens with zero attached hydrogens (tertiary/aromatic N) is 2. The normalized spacial score (nSPS) is 10.2. The molecule has 1 aromatic heterocycles. The highest BCUT2D eigenvalue weighted by molar-refractivity contribution is 5.13. The molecule has 0 saturated carbocycles. The Labute approximate surface area is 73.0 Å². The molecule has 0 atom stereocenters. The molecule has 0 aliphatic heterocycles. The fraction of sp³-hybridized carbons (Fsp3) is 0.444. The van der Waals surface area contributed by atoms with Crippen molar-refractivity contribution in [3.05, 3.63) is 24.5 Å². The summed E-state index contributed by atoms with van der Waals surface area (Å²) in [5.41, 5.74) is 0. The average Bonchev–Trinajstić information content (AvgIpc) is 2.05. The second kappa shape index (κ2) is 4.72. The predicted molar refractivity (Wildman–Crippen MR) is 47.1 cm³/mol. The molecular weight excluding hydrogens is 152 g/mol. The highest BCUT2D eigenvalue weighted by Crippen LogP contribution is 2.04. The molecule has 1 aromatic rings. The molecule has 0 saturated heterocycles. The summed E-state index contributed by atoms with van der Waals surface area (Å²) >= 11 is 0. The lowest BCUT2D eigenvalue weighted by Gasteiger charge is -2.09. The Hall–Kier alpha value is -1.09. The lowest BCUT2D eigenvalue weighted by atomic mass is 10.5. The van der Waals surface area contributed by atoms with Crippen molar-refractivity contribution in [2.75, 3.05) is 27.2 Å². The van der Waals surface area contributed by atoms with Gasteiger partial charge >= 0.3 is 0 Å². The molecule has 1 rings (SSSR count). The van der Waals surface area contributed by atoms with E-state index >= 15 is 0 Å². The van der Waals surface area contributed by atoms with E-state index in [1.807, 2.05) is 26.2 Å². The SMILES string of the molecule is CN(C)CCOc1[c]nccc1. The van der Waals surface area contributed by atoms with Crippen molar-refractivity contribution >= 4 is 0 Å². The number of likely N-dealkylation sites (N-methyl/N-ethyl adjacent to an activating group) is 1. The van der Waals surface area contributed by atoms with E-state index in [0.717, 1.165) is 6.54 Å². The van der Waals surface area contributed by atoms with Gasteiger partial charge in [0.1, 0.15) is 18.6 Å². The maximum absolute atomic E-state index is 5.36. The molecule has 0 aliphatic carbocycles. The van der Waals surface area contributed by atoms with Crippen molar-refractivity contribution in [2.24, 2.45) is 0 Å². The molecule has 0 amide bonds. The van der Waals surface area contributed by atoms with Crippen LogP contribution in [0.4, 0.5) is 0 Å². The maximum atomic E-state index is 5.36. The van der Waals surface area contributed by atoms with E-state index in [0.29, 0.717) is 12.4 Å². The topological polar surface area (TPSA) is 25.4 Å². The van der Waals surface area contributed by atoms with Crippen LogP contribution in [0.2, 0.25) is 0 Å². The quantitative estimate of drug-likeness (QED) is 0.660. The van der Waals surface area contributed by atoms with Crippen molar-refractivity contribution in [2.45, 2.75) is 0 Å². The van der Waals surface area contributed by atoms with Gasteiger partial charge in [-0.1, -0.05) is 0 Å². The lowest BCUT2D eigenvalue weighted by Crippen LogP contribution is -2.19. The first-order chi connectivity index (χ1) is 5.79. The molecule has 12 heavy (non-hydrogen) atoms. The first kappa shape index (κ1) is 9.00. The summed E-state index contributed by atoms with van der Waals surface area (Å²) in [5.74, 6) is 0.708. The smallest absolute Gasteiger partial charge is 0.147 e. The van der Waals surface area contributed by atoms with Gasteiger partial charge in [0.2, 0.25) is 0 Å². The van der Waals surface area contributed by atoms with E-state index in [2.05, 4.69) is 16.1 Å². The highest BCUT2D eigenvalue weighted by atomic mass is 16.5. The molecule has 0 bridgehead atoms. The molecule has 3 nitrogen and oxygen atoms in total. The first-order valence-corrected chi connectivity index (χ1v) is 3.89. The van der Waals surface area contributed by atoms with Gasteiger partial charge in [0.05, 0.1) is 0 Å². The Bertz CT molecular complexity index is 211. The number of hydrogen-bond donors (Lipinski definition) is 0. The Morgan fingerprint density at radius 2 is 2.42 bits per heavy atom. The summed E-state index contributed by atoms with van der Waals surface area (Å²) in [4.78, 5) is 5.88. The molecule has 0 fully saturated rings. The minimum absolute atomic E-state index is 0.676. The largest absolute Gasteiger partial charge is 0.490 e. The van der Waals surface area contributed by atoms with E-state index in [4.69, 9.17) is 4.74 Å². The van der Waals surface area contributed by atoms with Gasteiger partial charge in [-0.2, -0.15) is 0 Å². The van der Waals surface area contributed by atoms with E-state index in [1.54, 1.807) is 6.20 Å². The van der Waals surface area contributed by atoms with Gasteiger partial charge in [0.25, 0.3) is 0 Å². The minimum atomic E-state index is 0.676. The maximum Gasteiger partial charge on any atom is 0.147 e. The minimum Gasteiger partial charge on any atom is -0.490 e. The van der Waals surface area contributed by atoms with E-state index < -0.39 is 0 Å². The number of aromatic nitrogens is 1. The van der Waals surface area contributed by atoms with Gasteiger partial charge in [-0.25, -0.2) is 0 Å². The van der Waals surface area contributed by atoms with Crippen molar-refractivity contribution in [3.8, 4) is 5.75 Å². The van der Waals surface area contributed by atoms with E-state index in [1.165, 1.54) is 0 Å². The summed E-state index contributed by atoms with van der Waals surface area (Å²) in [6.07, 6.45) is 4.43. The average molecular weight is 165 g/mol. The number of rotatable bonds is 4. The standard InChI is InChI=1S/C9H13N2O/c1-11(2)6-7-12-9-4-3-5-10-8-9/h3-5H,6-7H2,1-2H3. The lowest BCUT2D eigenvalue weighted by molar-refractivity contribution is 0.260. The van der Waals surface area contributed by atoms with Gasteiger partial charge < -0.3 is 9.64 Å². The van der Waals surface area contributed by atoms with Crippen LogP contribution in [-0.4, -0.2) is 37.1 Å². The molecule has 0 unspecified atom stereocenters. The zero-order valence-corrected chi connectivity index (χ0v) is 7.45. The molecule has 0 aliphatic rings. The molecule has 0 N–H and O–H groups in total. The molecule has 1 heterocycles. The second-order valence-corrected chi connectivity index (χ2v) is 2.77. The van der Waals surface area contributed by atoms with Crippen LogP contribution in [0.5, 0.6) is 5.75 Å². The first-order valence-electron chi connectivity index (χ1n) is 3.89. The summed E-state index contributed by atoms with van der Waals surface area (Å²) < 4.78 is 5.36. The molecule has 0 spiro atoms. The van der Waals surface area contributed by atoms with E-state index in [9.17, 15) is 0 Å². The Morgan fingerprint density at radius 3 is 3.00 bits per heavy atom. The summed E-state index contributed by atoms with van der Waals surface area (Å²) in [6.45, 7) is 1.58. The predicted octanol–water partition coefficient (Wildman–Crippen LogP) is 0.822. The van der Waals surface area contributed by atoms with Gasteiger partial charge in [-0.15, -0.1) is 0 Å². The van der Waals surface area contributed by atoms with Crippen LogP contribution >= 0.6 is 0 Å². The molecule has 1 radical (unpaired) electrons. The molecular formula is C9H13N2O.